The monoisotopic (exact) mass is 238 g/mol. The van der Waals surface area contributed by atoms with Gasteiger partial charge in [-0.3, -0.25) is 9.34 Å². The Kier molecular flexibility index (Phi) is 3.64. The quantitative estimate of drug-likeness (QED) is 0.686. The smallest absolute Gasteiger partial charge is 0.144 e. The third kappa shape index (κ3) is 3.20. The summed E-state index contributed by atoms with van der Waals surface area (Å²) < 4.78 is 27.6. The van der Waals surface area contributed by atoms with Crippen molar-refractivity contribution >= 4 is 14.6 Å². The van der Waals surface area contributed by atoms with Gasteiger partial charge in [-0.15, -0.1) is 0 Å². The van der Waals surface area contributed by atoms with Gasteiger partial charge < -0.3 is 9.13 Å². The van der Waals surface area contributed by atoms with Crippen LogP contribution in [0, 0.1) is 0 Å². The van der Waals surface area contributed by atoms with Crippen molar-refractivity contribution in [3.63, 3.8) is 0 Å². The summed E-state index contributed by atoms with van der Waals surface area (Å²) in [5, 5.41) is 0. The molecule has 1 heterocycles. The molecule has 0 spiro atoms. The SMILES string of the molecule is CP(C)(=O)N1CCN(P(C)(C)=O)CC1. The van der Waals surface area contributed by atoms with Crippen LogP contribution in [0.4, 0.5) is 0 Å². The van der Waals surface area contributed by atoms with Crippen molar-refractivity contribution in [2.45, 2.75) is 0 Å². The molecule has 14 heavy (non-hydrogen) atoms. The fraction of sp³-hybridized carbons (Fsp3) is 1.00. The molecule has 0 amide bonds. The summed E-state index contributed by atoms with van der Waals surface area (Å²) in [7, 11) is -4.21. The second-order valence-electron chi connectivity index (χ2n) is 4.50. The first-order valence-corrected chi connectivity index (χ1v) is 9.93. The van der Waals surface area contributed by atoms with Crippen LogP contribution in [0.5, 0.6) is 0 Å². The van der Waals surface area contributed by atoms with Crippen LogP contribution in [0.15, 0.2) is 0 Å². The van der Waals surface area contributed by atoms with Gasteiger partial charge >= 0.3 is 0 Å². The number of piperazine rings is 1. The first kappa shape index (κ1) is 12.4. The van der Waals surface area contributed by atoms with Gasteiger partial charge in [0.05, 0.1) is 0 Å². The molecular formula is C8H20N2O2P2. The predicted molar refractivity (Wildman–Crippen MR) is 62.1 cm³/mol. The van der Waals surface area contributed by atoms with Crippen LogP contribution in [0.3, 0.4) is 0 Å². The molecule has 1 saturated heterocycles. The van der Waals surface area contributed by atoms with E-state index in [9.17, 15) is 9.13 Å². The van der Waals surface area contributed by atoms with Crippen LogP contribution in [0.1, 0.15) is 0 Å². The van der Waals surface area contributed by atoms with E-state index in [1.807, 2.05) is 9.34 Å². The van der Waals surface area contributed by atoms with E-state index in [-0.39, 0.29) is 0 Å². The molecule has 1 aliphatic heterocycles. The second-order valence-corrected chi connectivity index (χ2v) is 10.8. The number of nitrogens with zero attached hydrogens (tertiary/aromatic N) is 2. The summed E-state index contributed by atoms with van der Waals surface area (Å²) in [4.78, 5) is 0. The highest BCUT2D eigenvalue weighted by molar-refractivity contribution is 7.60. The average molecular weight is 238 g/mol. The van der Waals surface area contributed by atoms with Gasteiger partial charge in [0, 0.05) is 52.8 Å². The first-order valence-electron chi connectivity index (χ1n) is 4.82. The Morgan fingerprint density at radius 3 is 1.07 bits per heavy atom. The summed E-state index contributed by atoms with van der Waals surface area (Å²) in [5.41, 5.74) is 0. The molecule has 0 atom stereocenters. The van der Waals surface area contributed by atoms with E-state index in [0.717, 1.165) is 26.2 Å². The molecule has 84 valence electrons. The molecule has 0 N–H and O–H groups in total. The van der Waals surface area contributed by atoms with Crippen LogP contribution in [0.25, 0.3) is 0 Å². The highest BCUT2D eigenvalue weighted by atomic mass is 31.2. The zero-order valence-electron chi connectivity index (χ0n) is 9.43. The van der Waals surface area contributed by atoms with Crippen LogP contribution >= 0.6 is 14.6 Å². The maximum Gasteiger partial charge on any atom is 0.144 e. The van der Waals surface area contributed by atoms with Crippen molar-refractivity contribution in [3.8, 4) is 0 Å². The molecule has 1 rings (SSSR count). The number of hydrogen-bond acceptors (Lipinski definition) is 2. The van der Waals surface area contributed by atoms with Crippen molar-refractivity contribution in [2.75, 3.05) is 52.8 Å². The molecule has 6 heteroatoms. The summed E-state index contributed by atoms with van der Waals surface area (Å²) in [6.45, 7) is 10.3. The maximum atomic E-state index is 11.8. The van der Waals surface area contributed by atoms with Crippen LogP contribution in [-0.4, -0.2) is 62.2 Å². The van der Waals surface area contributed by atoms with Crippen molar-refractivity contribution in [1.29, 1.82) is 0 Å². The molecule has 1 fully saturated rings. The van der Waals surface area contributed by atoms with Crippen molar-refractivity contribution in [3.05, 3.63) is 0 Å². The Morgan fingerprint density at radius 1 is 0.714 bits per heavy atom. The van der Waals surface area contributed by atoms with Crippen LogP contribution in [-0.2, 0) is 9.13 Å². The highest BCUT2D eigenvalue weighted by Gasteiger charge is 2.29. The fourth-order valence-electron chi connectivity index (χ4n) is 1.65. The van der Waals surface area contributed by atoms with Gasteiger partial charge in [0.2, 0.25) is 0 Å². The van der Waals surface area contributed by atoms with E-state index < -0.39 is 14.6 Å². The Hall–Kier alpha value is 0.380. The Morgan fingerprint density at radius 2 is 0.929 bits per heavy atom. The van der Waals surface area contributed by atoms with Gasteiger partial charge in [0.15, 0.2) is 0 Å². The van der Waals surface area contributed by atoms with Gasteiger partial charge in [-0.1, -0.05) is 0 Å². The van der Waals surface area contributed by atoms with Gasteiger partial charge in [-0.25, -0.2) is 0 Å². The zero-order chi connectivity index (χ0) is 11.0. The standard InChI is InChI=1S/C8H20N2O2P2/c1-13(2,11)9-5-7-10(8-6-9)14(3,4)12/h5-8H2,1-4H3. The summed E-state index contributed by atoms with van der Waals surface area (Å²) in [6, 6.07) is 0. The molecule has 0 aromatic rings. The first-order chi connectivity index (χ1) is 6.21. The molecule has 0 bridgehead atoms. The topological polar surface area (TPSA) is 40.6 Å². The fourth-order valence-corrected chi connectivity index (χ4v) is 3.93. The highest BCUT2D eigenvalue weighted by Crippen LogP contribution is 2.46. The number of rotatable bonds is 2. The Bertz CT molecular complexity index is 256. The lowest BCUT2D eigenvalue weighted by atomic mass is 10.4. The Balaban J connectivity index is 2.56. The second kappa shape index (κ2) is 4.09. The van der Waals surface area contributed by atoms with Crippen molar-refractivity contribution < 1.29 is 9.13 Å². The van der Waals surface area contributed by atoms with Crippen molar-refractivity contribution in [1.82, 2.24) is 9.34 Å². The average Bonchev–Trinajstić information content (AvgIpc) is 2.01. The zero-order valence-corrected chi connectivity index (χ0v) is 11.2. The summed E-state index contributed by atoms with van der Waals surface area (Å²) in [6.07, 6.45) is 0. The molecule has 0 aliphatic carbocycles. The molecule has 0 aromatic heterocycles. The van der Waals surface area contributed by atoms with E-state index in [1.54, 1.807) is 26.7 Å². The van der Waals surface area contributed by atoms with E-state index in [0.29, 0.717) is 0 Å². The van der Waals surface area contributed by atoms with E-state index in [1.165, 1.54) is 0 Å². The Labute approximate surface area is 86.5 Å². The van der Waals surface area contributed by atoms with Gasteiger partial charge in [0.1, 0.15) is 14.6 Å². The normalized spacial score (nSPS) is 22.6. The lowest BCUT2D eigenvalue weighted by Gasteiger charge is -2.38. The maximum absolute atomic E-state index is 11.8. The van der Waals surface area contributed by atoms with Crippen LogP contribution < -0.4 is 0 Å². The van der Waals surface area contributed by atoms with Crippen LogP contribution in [0.2, 0.25) is 0 Å². The summed E-state index contributed by atoms with van der Waals surface area (Å²) >= 11 is 0. The van der Waals surface area contributed by atoms with Crippen molar-refractivity contribution in [2.24, 2.45) is 0 Å². The lowest BCUT2D eigenvalue weighted by molar-refractivity contribution is 0.273. The summed E-state index contributed by atoms with van der Waals surface area (Å²) in [5.74, 6) is 0. The van der Waals surface area contributed by atoms with E-state index in [4.69, 9.17) is 0 Å². The van der Waals surface area contributed by atoms with E-state index in [2.05, 4.69) is 0 Å². The molecule has 0 saturated carbocycles. The van der Waals surface area contributed by atoms with Gasteiger partial charge in [-0.05, 0) is 0 Å². The third-order valence-corrected chi connectivity index (χ3v) is 6.12. The van der Waals surface area contributed by atoms with Gasteiger partial charge in [0.25, 0.3) is 0 Å². The van der Waals surface area contributed by atoms with Gasteiger partial charge in [-0.2, -0.15) is 0 Å². The largest absolute Gasteiger partial charge is 0.307 e. The molecule has 0 radical (unpaired) electrons. The molecule has 0 unspecified atom stereocenters. The third-order valence-electron chi connectivity index (χ3n) is 2.59. The molecule has 0 aromatic carbocycles. The number of hydrogen-bond donors (Lipinski definition) is 0. The lowest BCUT2D eigenvalue weighted by Crippen LogP contribution is -2.42. The minimum absolute atomic E-state index is 0.774. The van der Waals surface area contributed by atoms with E-state index >= 15 is 0 Å². The minimum Gasteiger partial charge on any atom is -0.307 e. The predicted octanol–water partition coefficient (Wildman–Crippen LogP) is 1.68. The minimum atomic E-state index is -2.10. The molecule has 4 nitrogen and oxygen atoms in total. The molecular weight excluding hydrogens is 218 g/mol. The molecule has 1 aliphatic rings.